The minimum Gasteiger partial charge on any atom is -0.493 e. The number of fused-ring (bicyclic) bond motifs is 1. The van der Waals surface area contributed by atoms with E-state index in [1.807, 2.05) is 49.3 Å². The smallest absolute Gasteiger partial charge is 0.217 e. The van der Waals surface area contributed by atoms with Crippen molar-refractivity contribution in [2.75, 3.05) is 49.1 Å². The van der Waals surface area contributed by atoms with E-state index in [1.54, 1.807) is 58.9 Å². The Balaban J connectivity index is 2.10. The first-order valence-electron chi connectivity index (χ1n) is 12.8. The first-order valence-corrected chi connectivity index (χ1v) is 12.8. The minimum absolute atomic E-state index is 0.332. The third kappa shape index (κ3) is 5.50. The minimum atomic E-state index is -1.52. The maximum Gasteiger partial charge on any atom is 0.217 e. The number of methoxy groups -OCH3 is 4. The summed E-state index contributed by atoms with van der Waals surface area (Å²) in [7, 11) is 10.1. The van der Waals surface area contributed by atoms with E-state index >= 15 is 0 Å². The van der Waals surface area contributed by atoms with E-state index in [-0.39, 0.29) is 0 Å². The first kappa shape index (κ1) is 28.6. The predicted octanol–water partition coefficient (Wildman–Crippen LogP) is 4.51. The lowest BCUT2D eigenvalue weighted by molar-refractivity contribution is 0.00280. The third-order valence-electron chi connectivity index (χ3n) is 7.05. The maximum absolute atomic E-state index is 12.9. The number of nitriles is 1. The summed E-state index contributed by atoms with van der Waals surface area (Å²) in [6.07, 6.45) is 1.96. The van der Waals surface area contributed by atoms with Gasteiger partial charge in [0.25, 0.3) is 0 Å². The molecule has 9 nitrogen and oxygen atoms in total. The molecule has 0 aliphatic carbocycles. The fraction of sp³-hybridized carbons (Fsp3) is 0.323. The highest BCUT2D eigenvalue weighted by atomic mass is 16.5. The highest BCUT2D eigenvalue weighted by Crippen LogP contribution is 2.51. The van der Waals surface area contributed by atoms with Crippen LogP contribution in [0.5, 0.6) is 23.3 Å². The van der Waals surface area contributed by atoms with Crippen molar-refractivity contribution >= 4 is 10.9 Å². The molecule has 2 heterocycles. The number of rotatable bonds is 11. The van der Waals surface area contributed by atoms with Crippen LogP contribution in [0.25, 0.3) is 10.9 Å². The van der Waals surface area contributed by atoms with Crippen LogP contribution in [-0.4, -0.2) is 69.1 Å². The SMILES string of the molecule is COc1ccc([C@](O)(CCN(C)C)[C@@H](c2cc3cc(C#N)ccc3nc2OC)c2cccc(OC)c2OC)cn1. The van der Waals surface area contributed by atoms with Crippen LogP contribution < -0.4 is 18.9 Å². The van der Waals surface area contributed by atoms with Gasteiger partial charge in [0.1, 0.15) is 5.60 Å². The van der Waals surface area contributed by atoms with Gasteiger partial charge in [-0.05, 0) is 56.9 Å². The predicted molar refractivity (Wildman–Crippen MR) is 152 cm³/mol. The van der Waals surface area contributed by atoms with Crippen molar-refractivity contribution in [3.63, 3.8) is 0 Å². The lowest BCUT2D eigenvalue weighted by atomic mass is 9.71. The van der Waals surface area contributed by atoms with Gasteiger partial charge in [0.15, 0.2) is 11.5 Å². The number of nitrogens with zero attached hydrogens (tertiary/aromatic N) is 4. The van der Waals surface area contributed by atoms with E-state index in [4.69, 9.17) is 23.9 Å². The van der Waals surface area contributed by atoms with E-state index in [0.717, 1.165) is 5.39 Å². The molecule has 0 spiro atoms. The van der Waals surface area contributed by atoms with Gasteiger partial charge in [-0.2, -0.15) is 5.26 Å². The number of ether oxygens (including phenoxy) is 4. The fourth-order valence-corrected chi connectivity index (χ4v) is 5.04. The second kappa shape index (κ2) is 12.2. The summed E-state index contributed by atoms with van der Waals surface area (Å²) in [5.41, 5.74) is 1.53. The largest absolute Gasteiger partial charge is 0.493 e. The Morgan fingerprint density at radius 3 is 2.35 bits per heavy atom. The lowest BCUT2D eigenvalue weighted by Gasteiger charge is -2.39. The average molecular weight is 543 g/mol. The molecule has 4 rings (SSSR count). The molecule has 0 unspecified atom stereocenters. The Hall–Kier alpha value is -4.39. The summed E-state index contributed by atoms with van der Waals surface area (Å²) in [5, 5.41) is 23.2. The first-order chi connectivity index (χ1) is 19.3. The molecule has 2 atom stereocenters. The van der Waals surface area contributed by atoms with Gasteiger partial charge in [0.05, 0.1) is 51.5 Å². The zero-order valence-electron chi connectivity index (χ0n) is 23.6. The Morgan fingerprint density at radius 2 is 1.75 bits per heavy atom. The zero-order chi connectivity index (χ0) is 28.9. The second-order valence-corrected chi connectivity index (χ2v) is 9.69. The number of aromatic nitrogens is 2. The van der Waals surface area contributed by atoms with Gasteiger partial charge in [-0.25, -0.2) is 9.97 Å². The average Bonchev–Trinajstić information content (AvgIpc) is 2.99. The summed E-state index contributed by atoms with van der Waals surface area (Å²) in [5.74, 6) is 1.03. The van der Waals surface area contributed by atoms with Gasteiger partial charge in [0, 0.05) is 40.9 Å². The lowest BCUT2D eigenvalue weighted by Crippen LogP contribution is -2.38. The molecule has 0 radical (unpaired) electrons. The van der Waals surface area contributed by atoms with Crippen molar-refractivity contribution in [3.8, 4) is 29.3 Å². The quantitative estimate of drug-likeness (QED) is 0.293. The van der Waals surface area contributed by atoms with Crippen LogP contribution in [0.3, 0.4) is 0 Å². The van der Waals surface area contributed by atoms with Crippen molar-refractivity contribution in [1.29, 1.82) is 5.26 Å². The molecular formula is C31H34N4O5. The van der Waals surface area contributed by atoms with Gasteiger partial charge in [-0.3, -0.25) is 0 Å². The van der Waals surface area contributed by atoms with Gasteiger partial charge in [-0.1, -0.05) is 12.1 Å². The van der Waals surface area contributed by atoms with Crippen LogP contribution in [0.2, 0.25) is 0 Å². The summed E-state index contributed by atoms with van der Waals surface area (Å²) >= 11 is 0. The molecule has 0 aliphatic heterocycles. The number of hydrogen-bond donors (Lipinski definition) is 1. The summed E-state index contributed by atoms with van der Waals surface area (Å²) in [6, 6.07) is 18.5. The van der Waals surface area contributed by atoms with Crippen LogP contribution in [0, 0.1) is 11.3 Å². The zero-order valence-corrected chi connectivity index (χ0v) is 23.6. The van der Waals surface area contributed by atoms with Crippen LogP contribution >= 0.6 is 0 Å². The van der Waals surface area contributed by atoms with Gasteiger partial charge >= 0.3 is 0 Å². The molecule has 4 aromatic rings. The fourth-order valence-electron chi connectivity index (χ4n) is 5.04. The Labute approximate surface area is 234 Å². The summed E-state index contributed by atoms with van der Waals surface area (Å²) in [4.78, 5) is 11.2. The number of hydrogen-bond acceptors (Lipinski definition) is 9. The highest BCUT2D eigenvalue weighted by molar-refractivity contribution is 5.82. The second-order valence-electron chi connectivity index (χ2n) is 9.69. The molecule has 0 aliphatic rings. The van der Waals surface area contributed by atoms with Crippen LogP contribution in [0.4, 0.5) is 0 Å². The van der Waals surface area contributed by atoms with Crippen molar-refractivity contribution in [1.82, 2.24) is 14.9 Å². The molecule has 0 fully saturated rings. The number of para-hydroxylation sites is 1. The molecule has 2 aromatic heterocycles. The Morgan fingerprint density at radius 1 is 0.950 bits per heavy atom. The van der Waals surface area contributed by atoms with E-state index in [0.29, 0.717) is 64.0 Å². The Kier molecular flexibility index (Phi) is 8.73. The molecule has 1 N–H and O–H groups in total. The monoisotopic (exact) mass is 542 g/mol. The molecule has 2 aromatic carbocycles. The molecule has 9 heteroatoms. The van der Waals surface area contributed by atoms with E-state index < -0.39 is 11.5 Å². The van der Waals surface area contributed by atoms with Crippen molar-refractivity contribution < 1.29 is 24.1 Å². The normalized spacial score (nSPS) is 13.4. The van der Waals surface area contributed by atoms with E-state index in [1.165, 1.54) is 0 Å². The summed E-state index contributed by atoms with van der Waals surface area (Å²) in [6.45, 7) is 0.563. The van der Waals surface area contributed by atoms with E-state index in [9.17, 15) is 10.4 Å². The van der Waals surface area contributed by atoms with Crippen molar-refractivity contribution in [2.45, 2.75) is 17.9 Å². The topological polar surface area (TPSA) is 110 Å². The highest BCUT2D eigenvalue weighted by Gasteiger charge is 2.44. The molecule has 0 saturated heterocycles. The van der Waals surface area contributed by atoms with Gasteiger partial charge in [-0.15, -0.1) is 0 Å². The van der Waals surface area contributed by atoms with E-state index in [2.05, 4.69) is 11.1 Å². The molecule has 0 bridgehead atoms. The maximum atomic E-state index is 12.9. The number of benzene rings is 2. The van der Waals surface area contributed by atoms with Crippen molar-refractivity contribution in [2.24, 2.45) is 0 Å². The van der Waals surface area contributed by atoms with Crippen molar-refractivity contribution in [3.05, 3.63) is 83.0 Å². The summed E-state index contributed by atoms with van der Waals surface area (Å²) < 4.78 is 22.6. The third-order valence-corrected chi connectivity index (χ3v) is 7.05. The number of pyridine rings is 2. The van der Waals surface area contributed by atoms with Crippen LogP contribution in [-0.2, 0) is 5.60 Å². The number of aliphatic hydroxyl groups is 1. The Bertz CT molecular complexity index is 1520. The molecule has 0 amide bonds. The molecule has 0 saturated carbocycles. The standard InChI is InChI=1S/C31H34N4O5/c1-35(2)15-14-31(36,22-11-13-27(38-4)33-19-22)28(23-8-7-9-26(37-3)29(23)39-5)24-17-21-16-20(18-32)10-12-25(21)34-30(24)40-6/h7-13,16-17,19,28,36H,14-15H2,1-6H3/t28-,31-/m1/s1. The van der Waals surface area contributed by atoms with Gasteiger partial charge < -0.3 is 29.0 Å². The van der Waals surface area contributed by atoms with Crippen LogP contribution in [0.1, 0.15) is 34.6 Å². The van der Waals surface area contributed by atoms with Crippen LogP contribution in [0.15, 0.2) is 60.8 Å². The molecule has 208 valence electrons. The van der Waals surface area contributed by atoms with Gasteiger partial charge in [0.2, 0.25) is 11.8 Å². The molecule has 40 heavy (non-hydrogen) atoms. The molecular weight excluding hydrogens is 508 g/mol.